The van der Waals surface area contributed by atoms with Gasteiger partial charge < -0.3 is 18.6 Å². The van der Waals surface area contributed by atoms with Gasteiger partial charge in [-0.05, 0) is 94.1 Å². The molecule has 3 aromatic rings. The summed E-state index contributed by atoms with van der Waals surface area (Å²) < 4.78 is 25.6. The lowest BCUT2D eigenvalue weighted by molar-refractivity contribution is 0.00578. The van der Waals surface area contributed by atoms with Crippen LogP contribution in [0.15, 0.2) is 66.7 Å². The lowest BCUT2D eigenvalue weighted by Crippen LogP contribution is -2.41. The molecular formula is C31H36B2O4. The van der Waals surface area contributed by atoms with Crippen LogP contribution in [0.5, 0.6) is 0 Å². The standard InChI is InChI=1S/C31H36B2O4/c1-28(2)29(3,4)35-32(34-28)21-14-16-23-24-17-15-22(33-36-30(5,6)31(7,8)37-33)19-26(24)27(25(23)18-21)20-12-10-9-11-13-20/h9-19,27H,1-8H3. The van der Waals surface area contributed by atoms with Crippen LogP contribution < -0.4 is 10.9 Å². The van der Waals surface area contributed by atoms with E-state index in [0.717, 1.165) is 10.9 Å². The number of benzene rings is 3. The van der Waals surface area contributed by atoms with Gasteiger partial charge in [-0.2, -0.15) is 0 Å². The summed E-state index contributed by atoms with van der Waals surface area (Å²) in [5.41, 5.74) is 6.92. The SMILES string of the molecule is CC1(C)OB(c2ccc3c(c2)C(c2ccccc2)c2cc(B4OC(C)(C)C(C)(C)O4)ccc2-3)OC1(C)C. The van der Waals surface area contributed by atoms with Gasteiger partial charge in [0.1, 0.15) is 0 Å². The Morgan fingerprint density at radius 1 is 0.514 bits per heavy atom. The highest BCUT2D eigenvalue weighted by molar-refractivity contribution is 6.62. The van der Waals surface area contributed by atoms with E-state index < -0.39 is 14.2 Å². The zero-order valence-corrected chi connectivity index (χ0v) is 23.2. The van der Waals surface area contributed by atoms with Gasteiger partial charge in [-0.25, -0.2) is 0 Å². The Morgan fingerprint density at radius 2 is 0.892 bits per heavy atom. The van der Waals surface area contributed by atoms with Crippen LogP contribution in [0.2, 0.25) is 0 Å². The fraction of sp³-hybridized carbons (Fsp3) is 0.419. The van der Waals surface area contributed by atoms with E-state index in [2.05, 4.69) is 122 Å². The molecule has 2 heterocycles. The molecule has 3 aliphatic rings. The maximum Gasteiger partial charge on any atom is 0.494 e. The van der Waals surface area contributed by atoms with Crippen molar-refractivity contribution >= 4 is 25.2 Å². The molecule has 2 saturated heterocycles. The van der Waals surface area contributed by atoms with Gasteiger partial charge in [0.2, 0.25) is 0 Å². The second kappa shape index (κ2) is 8.07. The third kappa shape index (κ3) is 3.84. The predicted octanol–water partition coefficient (Wildman–Crippen LogP) is 5.45. The molecule has 0 atom stereocenters. The first-order valence-electron chi connectivity index (χ1n) is 13.3. The van der Waals surface area contributed by atoms with E-state index in [1.165, 1.54) is 27.8 Å². The molecule has 0 amide bonds. The molecule has 0 unspecified atom stereocenters. The third-order valence-corrected chi connectivity index (χ3v) is 9.25. The van der Waals surface area contributed by atoms with Gasteiger partial charge >= 0.3 is 14.2 Å². The fourth-order valence-electron chi connectivity index (χ4n) is 5.55. The van der Waals surface area contributed by atoms with E-state index in [4.69, 9.17) is 18.6 Å². The Hall–Kier alpha value is -2.37. The fourth-order valence-corrected chi connectivity index (χ4v) is 5.55. The molecule has 0 N–H and O–H groups in total. The normalized spacial score (nSPS) is 22.8. The summed E-state index contributed by atoms with van der Waals surface area (Å²) in [7, 11) is -0.786. The van der Waals surface area contributed by atoms with Crippen LogP contribution in [0, 0.1) is 0 Å². The van der Waals surface area contributed by atoms with Gasteiger partial charge in [0.05, 0.1) is 22.4 Å². The molecule has 190 valence electrons. The van der Waals surface area contributed by atoms with Crippen molar-refractivity contribution in [2.24, 2.45) is 0 Å². The zero-order valence-electron chi connectivity index (χ0n) is 23.2. The second-order valence-corrected chi connectivity index (χ2v) is 12.7. The molecule has 0 spiro atoms. The predicted molar refractivity (Wildman–Crippen MR) is 151 cm³/mol. The van der Waals surface area contributed by atoms with Crippen molar-refractivity contribution in [1.82, 2.24) is 0 Å². The van der Waals surface area contributed by atoms with Crippen LogP contribution in [-0.2, 0) is 18.6 Å². The quantitative estimate of drug-likeness (QED) is 0.356. The lowest BCUT2D eigenvalue weighted by Gasteiger charge is -2.32. The van der Waals surface area contributed by atoms with E-state index in [1.54, 1.807) is 0 Å². The summed E-state index contributed by atoms with van der Waals surface area (Å²) in [5.74, 6) is 0.107. The summed E-state index contributed by atoms with van der Waals surface area (Å²) in [4.78, 5) is 0. The topological polar surface area (TPSA) is 36.9 Å². The van der Waals surface area contributed by atoms with Gasteiger partial charge in [-0.1, -0.05) is 66.7 Å². The molecule has 0 radical (unpaired) electrons. The first kappa shape index (κ1) is 24.9. The Labute approximate surface area is 222 Å². The van der Waals surface area contributed by atoms with Gasteiger partial charge in [0.15, 0.2) is 0 Å². The first-order chi connectivity index (χ1) is 17.3. The highest BCUT2D eigenvalue weighted by atomic mass is 16.7. The van der Waals surface area contributed by atoms with Crippen LogP contribution in [0.3, 0.4) is 0 Å². The first-order valence-corrected chi connectivity index (χ1v) is 13.3. The summed E-state index contributed by atoms with van der Waals surface area (Å²) >= 11 is 0. The Morgan fingerprint density at radius 3 is 1.27 bits per heavy atom. The summed E-state index contributed by atoms with van der Waals surface area (Å²) in [5, 5.41) is 0. The maximum absolute atomic E-state index is 6.40. The number of hydrogen-bond donors (Lipinski definition) is 0. The average Bonchev–Trinajstić information content (AvgIpc) is 3.35. The van der Waals surface area contributed by atoms with Crippen molar-refractivity contribution in [2.45, 2.75) is 83.7 Å². The van der Waals surface area contributed by atoms with Crippen molar-refractivity contribution < 1.29 is 18.6 Å². The smallest absolute Gasteiger partial charge is 0.399 e. The molecule has 0 aromatic heterocycles. The highest BCUT2D eigenvalue weighted by Gasteiger charge is 2.53. The molecule has 0 saturated carbocycles. The van der Waals surface area contributed by atoms with Crippen LogP contribution in [0.1, 0.15) is 78.0 Å². The Balaban J connectivity index is 1.43. The van der Waals surface area contributed by atoms with Crippen LogP contribution >= 0.6 is 0 Å². The van der Waals surface area contributed by atoms with Crippen LogP contribution in [0.25, 0.3) is 11.1 Å². The van der Waals surface area contributed by atoms with Crippen molar-refractivity contribution in [3.05, 3.63) is 83.4 Å². The van der Waals surface area contributed by atoms with Crippen LogP contribution in [-0.4, -0.2) is 36.6 Å². The molecule has 3 aromatic carbocycles. The largest absolute Gasteiger partial charge is 0.494 e. The number of rotatable bonds is 3. The molecule has 0 bridgehead atoms. The van der Waals surface area contributed by atoms with Gasteiger partial charge in [0, 0.05) is 5.92 Å². The zero-order chi connectivity index (χ0) is 26.4. The highest BCUT2D eigenvalue weighted by Crippen LogP contribution is 2.48. The molecule has 37 heavy (non-hydrogen) atoms. The van der Waals surface area contributed by atoms with Gasteiger partial charge in [-0.3, -0.25) is 0 Å². The van der Waals surface area contributed by atoms with Crippen LogP contribution in [0.4, 0.5) is 0 Å². The van der Waals surface area contributed by atoms with E-state index >= 15 is 0 Å². The second-order valence-electron chi connectivity index (χ2n) is 12.7. The number of hydrogen-bond acceptors (Lipinski definition) is 4. The average molecular weight is 494 g/mol. The molecule has 4 nitrogen and oxygen atoms in total. The molecule has 6 rings (SSSR count). The summed E-state index contributed by atoms with van der Waals surface area (Å²) in [6, 6.07) is 24.1. The summed E-state index contributed by atoms with van der Waals surface area (Å²) in [6.07, 6.45) is 0. The van der Waals surface area contributed by atoms with E-state index in [0.29, 0.717) is 0 Å². The van der Waals surface area contributed by atoms with Gasteiger partial charge in [0.25, 0.3) is 0 Å². The molecule has 2 aliphatic heterocycles. The molecule has 6 heteroatoms. The Kier molecular flexibility index (Phi) is 5.44. The van der Waals surface area contributed by atoms with E-state index in [9.17, 15) is 0 Å². The lowest BCUT2D eigenvalue weighted by atomic mass is 9.75. The molecule has 2 fully saturated rings. The van der Waals surface area contributed by atoms with Crippen molar-refractivity contribution in [1.29, 1.82) is 0 Å². The van der Waals surface area contributed by atoms with Crippen molar-refractivity contribution in [3.63, 3.8) is 0 Å². The molecule has 1 aliphatic carbocycles. The summed E-state index contributed by atoms with van der Waals surface area (Å²) in [6.45, 7) is 16.8. The van der Waals surface area contributed by atoms with Crippen molar-refractivity contribution in [3.8, 4) is 11.1 Å². The minimum atomic E-state index is -0.393. The number of fused-ring (bicyclic) bond motifs is 3. The van der Waals surface area contributed by atoms with E-state index in [1.807, 2.05) is 0 Å². The minimum absolute atomic E-state index is 0.107. The van der Waals surface area contributed by atoms with Gasteiger partial charge in [-0.15, -0.1) is 0 Å². The maximum atomic E-state index is 6.40. The monoisotopic (exact) mass is 494 g/mol. The minimum Gasteiger partial charge on any atom is -0.399 e. The Bertz CT molecular complexity index is 1250. The van der Waals surface area contributed by atoms with E-state index in [-0.39, 0.29) is 28.3 Å². The molecular weight excluding hydrogens is 458 g/mol. The third-order valence-electron chi connectivity index (χ3n) is 9.25. The van der Waals surface area contributed by atoms with Crippen molar-refractivity contribution in [2.75, 3.05) is 0 Å².